The number of urea groups is 1. The lowest BCUT2D eigenvalue weighted by Gasteiger charge is -2.35. The fraction of sp³-hybridized carbons (Fsp3) is 0.286. The summed E-state index contributed by atoms with van der Waals surface area (Å²) in [4.78, 5) is 20.1. The number of thiophene rings is 1. The van der Waals surface area contributed by atoms with Gasteiger partial charge in [-0.3, -0.25) is 4.90 Å². The van der Waals surface area contributed by atoms with Crippen molar-refractivity contribution in [3.8, 4) is 10.7 Å². The molecular weight excluding hydrogens is 372 g/mol. The Bertz CT molecular complexity index is 979. The topological polar surface area (TPSA) is 71.3 Å². The summed E-state index contributed by atoms with van der Waals surface area (Å²) in [6, 6.07) is 13.4. The highest BCUT2D eigenvalue weighted by molar-refractivity contribution is 7.13. The lowest BCUT2D eigenvalue weighted by Crippen LogP contribution is -2.46. The Kier molecular flexibility index (Phi) is 5.25. The Morgan fingerprint density at radius 3 is 2.75 bits per heavy atom. The van der Waals surface area contributed by atoms with Gasteiger partial charge in [0.15, 0.2) is 0 Å². The minimum atomic E-state index is -0.330. The van der Waals surface area contributed by atoms with E-state index < -0.39 is 0 Å². The first kappa shape index (κ1) is 18.4. The summed E-state index contributed by atoms with van der Waals surface area (Å²) in [5.74, 6) is 1.00. The number of carbonyl (C=O) groups is 1. The molecule has 1 N–H and O–H groups in total. The van der Waals surface area contributed by atoms with Gasteiger partial charge in [-0.15, -0.1) is 11.3 Å². The lowest BCUT2D eigenvalue weighted by molar-refractivity contribution is 0.204. The second-order valence-corrected chi connectivity index (χ2v) is 7.65. The normalized spacial score (nSPS) is 17.1. The van der Waals surface area contributed by atoms with Crippen LogP contribution in [0, 0.1) is 0 Å². The molecule has 1 aromatic carbocycles. The fourth-order valence-electron chi connectivity index (χ4n) is 3.38. The van der Waals surface area contributed by atoms with Crippen molar-refractivity contribution < 1.29 is 9.32 Å². The Balaban J connectivity index is 1.79. The zero-order valence-electron chi connectivity index (χ0n) is 15.9. The van der Waals surface area contributed by atoms with Crippen LogP contribution in [0.25, 0.3) is 16.3 Å². The third-order valence-electron chi connectivity index (χ3n) is 4.86. The number of hydrogen-bond acceptors (Lipinski definition) is 5. The third-order valence-corrected chi connectivity index (χ3v) is 5.73. The minimum absolute atomic E-state index is 0.0958. The van der Waals surface area contributed by atoms with E-state index in [9.17, 15) is 4.79 Å². The molecule has 0 radical (unpaired) electrons. The number of amides is 2. The van der Waals surface area contributed by atoms with Crippen LogP contribution in [0.3, 0.4) is 0 Å². The number of benzene rings is 1. The number of rotatable bonds is 6. The summed E-state index contributed by atoms with van der Waals surface area (Å²) < 4.78 is 5.65. The highest BCUT2D eigenvalue weighted by Gasteiger charge is 2.35. The molecule has 3 heterocycles. The second-order valence-electron chi connectivity index (χ2n) is 6.70. The molecule has 7 heteroatoms. The first-order valence-electron chi connectivity index (χ1n) is 9.40. The van der Waals surface area contributed by atoms with E-state index in [-0.39, 0.29) is 12.1 Å². The van der Waals surface area contributed by atoms with Crippen LogP contribution in [0.1, 0.15) is 44.2 Å². The molecule has 1 atom stereocenters. The monoisotopic (exact) mass is 394 g/mol. The number of aromatic nitrogens is 2. The first-order chi connectivity index (χ1) is 13.7. The molecule has 144 valence electrons. The van der Waals surface area contributed by atoms with Crippen molar-refractivity contribution in [2.75, 3.05) is 6.54 Å². The molecule has 0 spiro atoms. The van der Waals surface area contributed by atoms with E-state index in [1.54, 1.807) is 16.2 Å². The van der Waals surface area contributed by atoms with Gasteiger partial charge in [-0.05, 0) is 30.4 Å². The van der Waals surface area contributed by atoms with E-state index in [2.05, 4.69) is 22.4 Å². The molecule has 1 unspecified atom stereocenters. The molecule has 2 amide bonds. The quantitative estimate of drug-likeness (QED) is 0.632. The molecule has 3 aromatic rings. The molecule has 0 bridgehead atoms. The highest BCUT2D eigenvalue weighted by atomic mass is 32.1. The molecule has 1 aliphatic heterocycles. The van der Waals surface area contributed by atoms with Crippen LogP contribution < -0.4 is 5.32 Å². The van der Waals surface area contributed by atoms with Crippen molar-refractivity contribution in [2.24, 2.45) is 0 Å². The van der Waals surface area contributed by atoms with Crippen molar-refractivity contribution in [1.82, 2.24) is 20.4 Å². The molecule has 6 nitrogen and oxygen atoms in total. The van der Waals surface area contributed by atoms with E-state index in [1.807, 2.05) is 54.8 Å². The summed E-state index contributed by atoms with van der Waals surface area (Å²) in [7, 11) is 0. The van der Waals surface area contributed by atoms with Gasteiger partial charge in [0.2, 0.25) is 5.82 Å². The maximum absolute atomic E-state index is 12.8. The van der Waals surface area contributed by atoms with Crippen LogP contribution in [0.15, 0.2) is 58.1 Å². The average Bonchev–Trinajstić information content (AvgIpc) is 3.40. The number of hydrogen-bond donors (Lipinski definition) is 1. The Morgan fingerprint density at radius 1 is 1.21 bits per heavy atom. The van der Waals surface area contributed by atoms with Crippen molar-refractivity contribution in [2.45, 2.75) is 32.7 Å². The molecular formula is C21H22N4O2S. The molecule has 0 fully saturated rings. The molecule has 4 rings (SSSR count). The van der Waals surface area contributed by atoms with Crippen molar-refractivity contribution in [3.05, 3.63) is 65.0 Å². The number of nitrogens with one attached hydrogen (secondary N) is 1. The smallest absolute Gasteiger partial charge is 0.322 e. The van der Waals surface area contributed by atoms with E-state index in [0.717, 1.165) is 34.6 Å². The van der Waals surface area contributed by atoms with Crippen LogP contribution >= 0.6 is 11.3 Å². The van der Waals surface area contributed by atoms with Gasteiger partial charge < -0.3 is 9.84 Å². The summed E-state index contributed by atoms with van der Waals surface area (Å²) in [6.45, 7) is 4.72. The maximum Gasteiger partial charge on any atom is 0.322 e. The number of allylic oxidation sites excluding steroid dienone is 1. The van der Waals surface area contributed by atoms with Crippen LogP contribution in [0.2, 0.25) is 0 Å². The number of unbranched alkanes of at least 4 members (excludes halogenated alkanes) is 1. The summed E-state index contributed by atoms with van der Waals surface area (Å²) in [6.07, 6.45) is 1.94. The van der Waals surface area contributed by atoms with Crippen LogP contribution in [0.5, 0.6) is 0 Å². The highest BCUT2D eigenvalue weighted by Crippen LogP contribution is 2.37. The average molecular weight is 395 g/mol. The predicted molar refractivity (Wildman–Crippen MR) is 110 cm³/mol. The van der Waals surface area contributed by atoms with Gasteiger partial charge in [0.1, 0.15) is 0 Å². The van der Waals surface area contributed by atoms with E-state index >= 15 is 0 Å². The zero-order valence-corrected chi connectivity index (χ0v) is 16.7. The van der Waals surface area contributed by atoms with Crippen LogP contribution in [-0.2, 0) is 0 Å². The summed E-state index contributed by atoms with van der Waals surface area (Å²) in [5.41, 5.74) is 2.68. The van der Waals surface area contributed by atoms with E-state index in [0.29, 0.717) is 18.3 Å². The van der Waals surface area contributed by atoms with Gasteiger partial charge in [-0.2, -0.15) is 4.98 Å². The van der Waals surface area contributed by atoms with Gasteiger partial charge in [0, 0.05) is 12.2 Å². The first-order valence-corrected chi connectivity index (χ1v) is 10.3. The Hall–Kier alpha value is -2.93. The molecule has 2 aromatic heterocycles. The van der Waals surface area contributed by atoms with Gasteiger partial charge in [0.25, 0.3) is 5.89 Å². The summed E-state index contributed by atoms with van der Waals surface area (Å²) >= 11 is 1.56. The molecule has 0 saturated carbocycles. The van der Waals surface area contributed by atoms with Gasteiger partial charge in [0.05, 0.1) is 16.5 Å². The van der Waals surface area contributed by atoms with Gasteiger partial charge in [-0.25, -0.2) is 4.79 Å². The van der Waals surface area contributed by atoms with Crippen molar-refractivity contribution in [1.29, 1.82) is 0 Å². The molecule has 28 heavy (non-hydrogen) atoms. The van der Waals surface area contributed by atoms with Gasteiger partial charge in [-0.1, -0.05) is 54.9 Å². The lowest BCUT2D eigenvalue weighted by atomic mass is 9.94. The van der Waals surface area contributed by atoms with Crippen molar-refractivity contribution in [3.63, 3.8) is 0 Å². The van der Waals surface area contributed by atoms with Crippen LogP contribution in [0.4, 0.5) is 4.79 Å². The molecule has 0 saturated heterocycles. The summed E-state index contributed by atoms with van der Waals surface area (Å²) in [5, 5.41) is 9.26. The number of carbonyl (C=O) groups excluding carboxylic acids is 1. The third kappa shape index (κ3) is 3.45. The van der Waals surface area contributed by atoms with E-state index in [1.165, 1.54) is 0 Å². The van der Waals surface area contributed by atoms with Gasteiger partial charge >= 0.3 is 6.03 Å². The Morgan fingerprint density at radius 2 is 2.04 bits per heavy atom. The van der Waals surface area contributed by atoms with Crippen molar-refractivity contribution >= 4 is 22.9 Å². The van der Waals surface area contributed by atoms with E-state index in [4.69, 9.17) is 4.52 Å². The molecule has 1 aliphatic rings. The number of nitrogens with zero attached hydrogens (tertiary/aromatic N) is 3. The standard InChI is InChI=1S/C21H22N4O2S/c1-3-4-12-25-14(2)17(18(22-21(25)26)15-9-6-5-7-10-15)20-23-19(24-27-20)16-11-8-13-28-16/h5-11,13,18H,3-4,12H2,1-2H3,(H,22,26). The Labute approximate surface area is 167 Å². The second kappa shape index (κ2) is 7.98. The zero-order chi connectivity index (χ0) is 19.5. The predicted octanol–water partition coefficient (Wildman–Crippen LogP) is 5.10. The molecule has 0 aliphatic carbocycles. The maximum atomic E-state index is 12.8. The SMILES string of the molecule is CCCCN1C(=O)NC(c2ccccc2)C(c2nc(-c3cccs3)no2)=C1C. The van der Waals surface area contributed by atoms with Crippen LogP contribution in [-0.4, -0.2) is 27.6 Å². The minimum Gasteiger partial charge on any atom is -0.334 e. The largest absolute Gasteiger partial charge is 0.334 e. The fourth-order valence-corrected chi connectivity index (χ4v) is 4.03.